The van der Waals surface area contributed by atoms with Gasteiger partial charge in [-0.1, -0.05) is 6.07 Å². The molecule has 0 amide bonds. The van der Waals surface area contributed by atoms with Crippen molar-refractivity contribution in [2.45, 2.75) is 33.7 Å². The van der Waals surface area contributed by atoms with Crippen molar-refractivity contribution in [3.8, 4) is 5.75 Å². The second kappa shape index (κ2) is 7.48. The Morgan fingerprint density at radius 3 is 1.89 bits per heavy atom. The summed E-state index contributed by atoms with van der Waals surface area (Å²) in [4.78, 5) is 0. The van der Waals surface area contributed by atoms with Gasteiger partial charge in [0.2, 0.25) is 0 Å². The van der Waals surface area contributed by atoms with Gasteiger partial charge in [-0.25, -0.2) is 0 Å². The third kappa shape index (κ3) is 3.69. The zero-order valence-electron chi connectivity index (χ0n) is 12.5. The fourth-order valence-corrected chi connectivity index (χ4v) is 1.98. The van der Waals surface area contributed by atoms with Gasteiger partial charge < -0.3 is 18.9 Å². The van der Waals surface area contributed by atoms with Crippen molar-refractivity contribution in [1.82, 2.24) is 0 Å². The topological polar surface area (TPSA) is 36.9 Å². The molecule has 19 heavy (non-hydrogen) atoms. The number of hydrogen-bond acceptors (Lipinski definition) is 4. The molecule has 0 radical (unpaired) electrons. The van der Waals surface area contributed by atoms with E-state index < -0.39 is 5.97 Å². The van der Waals surface area contributed by atoms with Gasteiger partial charge in [0, 0.05) is 19.8 Å². The molecule has 0 saturated carbocycles. The molecular weight excluding hydrogens is 244 g/mol. The lowest BCUT2D eigenvalue weighted by Gasteiger charge is -2.33. The van der Waals surface area contributed by atoms with E-state index in [1.54, 1.807) is 7.11 Å². The molecule has 0 aromatic heterocycles. The number of ether oxygens (including phenoxy) is 4. The van der Waals surface area contributed by atoms with Crippen LogP contribution < -0.4 is 4.74 Å². The summed E-state index contributed by atoms with van der Waals surface area (Å²) in [6, 6.07) is 5.86. The lowest BCUT2D eigenvalue weighted by Crippen LogP contribution is -2.37. The van der Waals surface area contributed by atoms with Gasteiger partial charge in [-0.2, -0.15) is 0 Å². The van der Waals surface area contributed by atoms with Crippen molar-refractivity contribution in [3.05, 3.63) is 29.3 Å². The minimum Gasteiger partial charge on any atom is -0.496 e. The van der Waals surface area contributed by atoms with Crippen LogP contribution in [0, 0.1) is 6.92 Å². The first-order valence-electron chi connectivity index (χ1n) is 6.70. The predicted octanol–water partition coefficient (Wildman–Crippen LogP) is 3.22. The standard InChI is InChI=1S/C15H24O4/c1-6-17-15(18-7-2,19-8-3)13-10-9-12(4)11-14(13)16-5/h9-11H,6-8H2,1-5H3. The highest BCUT2D eigenvalue weighted by Crippen LogP contribution is 2.36. The third-order valence-corrected chi connectivity index (χ3v) is 2.69. The normalized spacial score (nSPS) is 11.6. The molecule has 1 aromatic carbocycles. The molecule has 108 valence electrons. The third-order valence-electron chi connectivity index (χ3n) is 2.69. The number of hydrogen-bond donors (Lipinski definition) is 0. The first kappa shape index (κ1) is 16.0. The van der Waals surface area contributed by atoms with Crippen molar-refractivity contribution >= 4 is 0 Å². The molecule has 4 heteroatoms. The summed E-state index contributed by atoms with van der Waals surface area (Å²) in [6.45, 7) is 9.19. The van der Waals surface area contributed by atoms with Crippen molar-refractivity contribution in [1.29, 1.82) is 0 Å². The molecule has 0 heterocycles. The lowest BCUT2D eigenvalue weighted by atomic mass is 10.1. The largest absolute Gasteiger partial charge is 0.496 e. The Morgan fingerprint density at radius 2 is 1.47 bits per heavy atom. The first-order valence-corrected chi connectivity index (χ1v) is 6.70. The minimum absolute atomic E-state index is 0.483. The van der Waals surface area contributed by atoms with E-state index in [1.807, 2.05) is 45.9 Å². The fraction of sp³-hybridized carbons (Fsp3) is 0.600. The Kier molecular flexibility index (Phi) is 6.28. The van der Waals surface area contributed by atoms with Crippen LogP contribution in [-0.4, -0.2) is 26.9 Å². The van der Waals surface area contributed by atoms with E-state index in [-0.39, 0.29) is 0 Å². The maximum Gasteiger partial charge on any atom is 0.315 e. The van der Waals surface area contributed by atoms with Crippen molar-refractivity contribution in [3.63, 3.8) is 0 Å². The molecule has 0 saturated heterocycles. The average Bonchev–Trinajstić information content (AvgIpc) is 2.39. The van der Waals surface area contributed by atoms with Crippen LogP contribution in [0.2, 0.25) is 0 Å². The van der Waals surface area contributed by atoms with Gasteiger partial charge in [0.15, 0.2) is 0 Å². The van der Waals surface area contributed by atoms with E-state index in [1.165, 1.54) is 0 Å². The Labute approximate surface area is 115 Å². The van der Waals surface area contributed by atoms with E-state index in [0.717, 1.165) is 11.1 Å². The molecule has 4 nitrogen and oxygen atoms in total. The van der Waals surface area contributed by atoms with Gasteiger partial charge in [-0.05, 0) is 45.4 Å². The second-order valence-corrected chi connectivity index (χ2v) is 4.06. The Bertz CT molecular complexity index is 373. The van der Waals surface area contributed by atoms with Gasteiger partial charge in [0.05, 0.1) is 12.7 Å². The maximum absolute atomic E-state index is 5.75. The molecule has 0 aliphatic rings. The molecule has 0 atom stereocenters. The molecule has 0 N–H and O–H groups in total. The van der Waals surface area contributed by atoms with E-state index in [9.17, 15) is 0 Å². The highest BCUT2D eigenvalue weighted by Gasteiger charge is 2.38. The molecule has 1 aromatic rings. The maximum atomic E-state index is 5.75. The van der Waals surface area contributed by atoms with E-state index in [2.05, 4.69) is 0 Å². The monoisotopic (exact) mass is 268 g/mol. The summed E-state index contributed by atoms with van der Waals surface area (Å²) in [5, 5.41) is 0. The zero-order valence-corrected chi connectivity index (χ0v) is 12.5. The molecule has 0 aliphatic heterocycles. The summed E-state index contributed by atoms with van der Waals surface area (Å²) < 4.78 is 22.7. The summed E-state index contributed by atoms with van der Waals surface area (Å²) >= 11 is 0. The SMILES string of the molecule is CCOC(OCC)(OCC)c1ccc(C)cc1OC. The minimum atomic E-state index is -1.20. The number of rotatable bonds is 8. The molecule has 1 rings (SSSR count). The summed E-state index contributed by atoms with van der Waals surface area (Å²) in [5.74, 6) is -0.493. The van der Waals surface area contributed by atoms with Crippen LogP contribution in [0.5, 0.6) is 5.75 Å². The van der Waals surface area contributed by atoms with Crippen molar-refractivity contribution in [2.75, 3.05) is 26.9 Å². The van der Waals surface area contributed by atoms with Crippen molar-refractivity contribution < 1.29 is 18.9 Å². The second-order valence-electron chi connectivity index (χ2n) is 4.06. The number of methoxy groups -OCH3 is 1. The van der Waals surface area contributed by atoms with E-state index in [4.69, 9.17) is 18.9 Å². The molecular formula is C15H24O4. The molecule has 0 aliphatic carbocycles. The molecule has 0 fully saturated rings. The lowest BCUT2D eigenvalue weighted by molar-refractivity contribution is -0.389. The fourth-order valence-electron chi connectivity index (χ4n) is 1.98. The number of aryl methyl sites for hydroxylation is 1. The Morgan fingerprint density at radius 1 is 0.947 bits per heavy atom. The van der Waals surface area contributed by atoms with E-state index in [0.29, 0.717) is 25.6 Å². The van der Waals surface area contributed by atoms with Gasteiger partial charge in [0.25, 0.3) is 0 Å². The summed E-state index contributed by atoms with van der Waals surface area (Å²) in [7, 11) is 1.63. The summed E-state index contributed by atoms with van der Waals surface area (Å²) in [5.41, 5.74) is 1.87. The van der Waals surface area contributed by atoms with Crippen LogP contribution in [0.4, 0.5) is 0 Å². The Balaban J connectivity index is 3.28. The van der Waals surface area contributed by atoms with Gasteiger partial charge in [-0.3, -0.25) is 0 Å². The van der Waals surface area contributed by atoms with Crippen molar-refractivity contribution in [2.24, 2.45) is 0 Å². The van der Waals surface area contributed by atoms with Crippen LogP contribution >= 0.6 is 0 Å². The van der Waals surface area contributed by atoms with Gasteiger partial charge >= 0.3 is 5.97 Å². The summed E-state index contributed by atoms with van der Waals surface area (Å²) in [6.07, 6.45) is 0. The molecule has 0 bridgehead atoms. The van der Waals surface area contributed by atoms with Gasteiger partial charge in [0.1, 0.15) is 5.75 Å². The quantitative estimate of drug-likeness (QED) is 0.678. The molecule has 0 unspecified atom stereocenters. The highest BCUT2D eigenvalue weighted by molar-refractivity contribution is 5.39. The Hall–Kier alpha value is -1.10. The van der Waals surface area contributed by atoms with Gasteiger partial charge in [-0.15, -0.1) is 0 Å². The van der Waals surface area contributed by atoms with Crippen LogP contribution in [0.25, 0.3) is 0 Å². The van der Waals surface area contributed by atoms with E-state index >= 15 is 0 Å². The molecule has 0 spiro atoms. The average molecular weight is 268 g/mol. The first-order chi connectivity index (χ1) is 9.13. The number of benzene rings is 1. The smallest absolute Gasteiger partial charge is 0.315 e. The predicted molar refractivity (Wildman–Crippen MR) is 74.3 cm³/mol. The van der Waals surface area contributed by atoms with Crippen LogP contribution in [0.3, 0.4) is 0 Å². The van der Waals surface area contributed by atoms with Crippen LogP contribution in [0.1, 0.15) is 31.9 Å². The van der Waals surface area contributed by atoms with Crippen LogP contribution in [0.15, 0.2) is 18.2 Å². The highest BCUT2D eigenvalue weighted by atomic mass is 16.9. The zero-order chi connectivity index (χ0) is 14.3. The van der Waals surface area contributed by atoms with Crippen LogP contribution in [-0.2, 0) is 20.2 Å².